The molecule has 6 nitrogen and oxygen atoms in total. The normalized spacial score (nSPS) is 23.9. The fraction of sp³-hybridized carbons (Fsp3) is 0.400. The van der Waals surface area contributed by atoms with Crippen molar-refractivity contribution < 1.29 is 18.9 Å². The van der Waals surface area contributed by atoms with Crippen LogP contribution in [0.5, 0.6) is 23.0 Å². The molecule has 2 aromatic rings. The standard InChI is InChI=1S/C20H24N2O4/c1-23-15-6-7-17-13(9-15)4-8-19(26-17)22-20(21)11-14-3-5-16(24-2)10-18(14)25-12-20/h3,5-7,9-10,19,22H,4,8,11-12,21H2,1-2H3. The number of nitrogens with one attached hydrogen (secondary N) is 1. The van der Waals surface area contributed by atoms with E-state index in [1.807, 2.05) is 36.4 Å². The zero-order valence-corrected chi connectivity index (χ0v) is 15.1. The van der Waals surface area contributed by atoms with Crippen LogP contribution in [-0.2, 0) is 12.8 Å². The molecule has 2 aliphatic heterocycles. The minimum Gasteiger partial charge on any atom is -0.497 e. The van der Waals surface area contributed by atoms with Gasteiger partial charge in [0.2, 0.25) is 0 Å². The summed E-state index contributed by atoms with van der Waals surface area (Å²) >= 11 is 0. The van der Waals surface area contributed by atoms with Crippen LogP contribution in [0.3, 0.4) is 0 Å². The molecule has 0 aliphatic carbocycles. The van der Waals surface area contributed by atoms with Crippen molar-refractivity contribution >= 4 is 0 Å². The maximum atomic E-state index is 6.57. The van der Waals surface area contributed by atoms with E-state index in [2.05, 4.69) is 5.32 Å². The monoisotopic (exact) mass is 356 g/mol. The van der Waals surface area contributed by atoms with Crippen LogP contribution in [-0.4, -0.2) is 32.7 Å². The summed E-state index contributed by atoms with van der Waals surface area (Å²) in [5.74, 6) is 3.33. The molecule has 0 radical (unpaired) electrons. The molecule has 2 aromatic carbocycles. The lowest BCUT2D eigenvalue weighted by molar-refractivity contribution is 0.0616. The summed E-state index contributed by atoms with van der Waals surface area (Å²) in [5.41, 5.74) is 8.12. The quantitative estimate of drug-likeness (QED) is 0.819. The van der Waals surface area contributed by atoms with Crippen molar-refractivity contribution in [1.82, 2.24) is 5.32 Å². The number of ether oxygens (including phenoxy) is 4. The molecule has 0 spiro atoms. The predicted molar refractivity (Wildman–Crippen MR) is 98.0 cm³/mol. The van der Waals surface area contributed by atoms with Gasteiger partial charge in [0.1, 0.15) is 35.3 Å². The van der Waals surface area contributed by atoms with E-state index < -0.39 is 5.66 Å². The summed E-state index contributed by atoms with van der Waals surface area (Å²) in [6.45, 7) is 0.377. The Labute approximate surface area is 153 Å². The van der Waals surface area contributed by atoms with Gasteiger partial charge >= 0.3 is 0 Å². The Morgan fingerprint density at radius 1 is 1.04 bits per heavy atom. The molecule has 138 valence electrons. The summed E-state index contributed by atoms with van der Waals surface area (Å²) in [6, 6.07) is 11.7. The lowest BCUT2D eigenvalue weighted by Crippen LogP contribution is -2.65. The van der Waals surface area contributed by atoms with Gasteiger partial charge in [-0.05, 0) is 41.8 Å². The number of aryl methyl sites for hydroxylation is 1. The molecule has 0 bridgehead atoms. The van der Waals surface area contributed by atoms with E-state index in [0.717, 1.165) is 47.0 Å². The molecule has 0 fully saturated rings. The van der Waals surface area contributed by atoms with Gasteiger partial charge in [-0.2, -0.15) is 0 Å². The smallest absolute Gasteiger partial charge is 0.152 e. The largest absolute Gasteiger partial charge is 0.497 e. The highest BCUT2D eigenvalue weighted by molar-refractivity contribution is 5.43. The van der Waals surface area contributed by atoms with Crippen LogP contribution >= 0.6 is 0 Å². The fourth-order valence-corrected chi connectivity index (χ4v) is 3.55. The van der Waals surface area contributed by atoms with Crippen molar-refractivity contribution in [2.75, 3.05) is 20.8 Å². The van der Waals surface area contributed by atoms with Gasteiger partial charge in [0, 0.05) is 18.9 Å². The molecular formula is C20H24N2O4. The van der Waals surface area contributed by atoms with Crippen molar-refractivity contribution in [2.24, 2.45) is 5.73 Å². The first-order valence-corrected chi connectivity index (χ1v) is 8.78. The van der Waals surface area contributed by atoms with E-state index in [-0.39, 0.29) is 6.23 Å². The molecule has 26 heavy (non-hydrogen) atoms. The lowest BCUT2D eigenvalue weighted by Gasteiger charge is -2.39. The topological polar surface area (TPSA) is 75.0 Å². The summed E-state index contributed by atoms with van der Waals surface area (Å²) in [6.07, 6.45) is 2.27. The van der Waals surface area contributed by atoms with Crippen molar-refractivity contribution in [3.8, 4) is 23.0 Å². The molecule has 0 amide bonds. The second-order valence-electron chi connectivity index (χ2n) is 6.86. The Morgan fingerprint density at radius 3 is 2.62 bits per heavy atom. The first-order valence-electron chi connectivity index (χ1n) is 8.78. The van der Waals surface area contributed by atoms with Crippen molar-refractivity contribution in [3.05, 3.63) is 47.5 Å². The van der Waals surface area contributed by atoms with Crippen LogP contribution in [0.15, 0.2) is 36.4 Å². The summed E-state index contributed by atoms with van der Waals surface area (Å²) in [5, 5.41) is 3.44. The molecule has 0 aromatic heterocycles. The third kappa shape index (κ3) is 3.30. The Morgan fingerprint density at radius 2 is 1.81 bits per heavy atom. The minimum absolute atomic E-state index is 0.149. The number of methoxy groups -OCH3 is 2. The average Bonchev–Trinajstić information content (AvgIpc) is 2.67. The number of rotatable bonds is 4. The molecule has 0 saturated carbocycles. The van der Waals surface area contributed by atoms with Crippen LogP contribution in [0.1, 0.15) is 17.5 Å². The highest BCUT2D eigenvalue weighted by atomic mass is 16.5. The van der Waals surface area contributed by atoms with Gasteiger partial charge in [-0.3, -0.25) is 5.32 Å². The van der Waals surface area contributed by atoms with Gasteiger partial charge < -0.3 is 24.7 Å². The zero-order valence-electron chi connectivity index (χ0n) is 15.1. The molecule has 4 rings (SSSR count). The van der Waals surface area contributed by atoms with Crippen LogP contribution < -0.4 is 30.0 Å². The highest BCUT2D eigenvalue weighted by Crippen LogP contribution is 2.33. The van der Waals surface area contributed by atoms with E-state index >= 15 is 0 Å². The third-order valence-corrected chi connectivity index (χ3v) is 4.93. The molecule has 6 heteroatoms. The molecular weight excluding hydrogens is 332 g/mol. The Kier molecular flexibility index (Phi) is 4.38. The number of hydrogen-bond acceptors (Lipinski definition) is 6. The van der Waals surface area contributed by atoms with Crippen LogP contribution in [0.25, 0.3) is 0 Å². The van der Waals surface area contributed by atoms with Crippen LogP contribution in [0, 0.1) is 0 Å². The van der Waals surface area contributed by atoms with E-state index in [1.165, 1.54) is 0 Å². The summed E-state index contributed by atoms with van der Waals surface area (Å²) in [7, 11) is 3.32. The number of fused-ring (bicyclic) bond motifs is 2. The second kappa shape index (κ2) is 6.70. The minimum atomic E-state index is -0.670. The number of benzene rings is 2. The van der Waals surface area contributed by atoms with Gasteiger partial charge in [-0.1, -0.05) is 6.07 Å². The zero-order chi connectivity index (χ0) is 18.1. The van der Waals surface area contributed by atoms with Gasteiger partial charge in [0.15, 0.2) is 6.23 Å². The SMILES string of the molecule is COc1ccc2c(c1)CCC(NC1(N)COc3cc(OC)ccc3C1)O2. The second-order valence-corrected chi connectivity index (χ2v) is 6.86. The molecule has 2 atom stereocenters. The first-order chi connectivity index (χ1) is 12.6. The maximum Gasteiger partial charge on any atom is 0.152 e. The maximum absolute atomic E-state index is 6.57. The van der Waals surface area contributed by atoms with Crippen molar-refractivity contribution in [2.45, 2.75) is 31.2 Å². The highest BCUT2D eigenvalue weighted by Gasteiger charge is 2.35. The average molecular weight is 356 g/mol. The predicted octanol–water partition coefficient (Wildman–Crippen LogP) is 2.23. The van der Waals surface area contributed by atoms with Crippen LogP contribution in [0.4, 0.5) is 0 Å². The van der Waals surface area contributed by atoms with E-state index in [0.29, 0.717) is 13.0 Å². The first kappa shape index (κ1) is 17.0. The van der Waals surface area contributed by atoms with Gasteiger partial charge in [-0.15, -0.1) is 0 Å². The Bertz CT molecular complexity index is 810. The molecule has 2 heterocycles. The molecule has 3 N–H and O–H groups in total. The van der Waals surface area contributed by atoms with Crippen molar-refractivity contribution in [3.63, 3.8) is 0 Å². The lowest BCUT2D eigenvalue weighted by atomic mass is 9.96. The Hall–Kier alpha value is -2.44. The van der Waals surface area contributed by atoms with E-state index in [4.69, 9.17) is 24.7 Å². The van der Waals surface area contributed by atoms with Crippen molar-refractivity contribution in [1.29, 1.82) is 0 Å². The number of nitrogens with two attached hydrogens (primary N) is 1. The van der Waals surface area contributed by atoms with Crippen LogP contribution in [0.2, 0.25) is 0 Å². The Balaban J connectivity index is 1.45. The van der Waals surface area contributed by atoms with E-state index in [9.17, 15) is 0 Å². The summed E-state index contributed by atoms with van der Waals surface area (Å²) in [4.78, 5) is 0. The molecule has 0 saturated heterocycles. The van der Waals surface area contributed by atoms with Gasteiger partial charge in [0.05, 0.1) is 14.2 Å². The van der Waals surface area contributed by atoms with Gasteiger partial charge in [0.25, 0.3) is 0 Å². The number of hydrogen-bond donors (Lipinski definition) is 2. The third-order valence-electron chi connectivity index (χ3n) is 4.93. The molecule has 2 unspecified atom stereocenters. The fourth-order valence-electron chi connectivity index (χ4n) is 3.55. The molecule has 2 aliphatic rings. The van der Waals surface area contributed by atoms with Gasteiger partial charge in [-0.25, -0.2) is 0 Å². The summed E-state index contributed by atoms with van der Waals surface area (Å²) < 4.78 is 22.5. The van der Waals surface area contributed by atoms with E-state index in [1.54, 1.807) is 14.2 Å².